The number of para-hydroxylation sites is 1. The summed E-state index contributed by atoms with van der Waals surface area (Å²) in [6.45, 7) is 11.1. The van der Waals surface area contributed by atoms with Crippen LogP contribution in [-0.4, -0.2) is 53.1 Å². The summed E-state index contributed by atoms with van der Waals surface area (Å²) in [7, 11) is 0. The summed E-state index contributed by atoms with van der Waals surface area (Å²) in [4.78, 5) is 39.1. The van der Waals surface area contributed by atoms with E-state index in [9.17, 15) is 14.4 Å². The Hall–Kier alpha value is -3.42. The van der Waals surface area contributed by atoms with E-state index < -0.39 is 29.2 Å². The van der Waals surface area contributed by atoms with E-state index in [1.807, 2.05) is 0 Å². The number of carbonyl (C=O) groups is 3. The third-order valence-corrected chi connectivity index (χ3v) is 5.85. The van der Waals surface area contributed by atoms with Gasteiger partial charge in [0.05, 0.1) is 19.1 Å². The summed E-state index contributed by atoms with van der Waals surface area (Å²) in [5, 5.41) is 0. The van der Waals surface area contributed by atoms with Gasteiger partial charge in [-0.05, 0) is 59.6 Å². The number of rotatable bonds is 7. The van der Waals surface area contributed by atoms with Gasteiger partial charge in [0.25, 0.3) is 0 Å². The molecule has 38 heavy (non-hydrogen) atoms. The number of piperidine rings is 1. The fraction of sp³-hybridized carbons (Fsp3) is 0.500. The van der Waals surface area contributed by atoms with Crippen LogP contribution in [0, 0.1) is 5.82 Å². The molecule has 0 saturated carbocycles. The first-order valence-electron chi connectivity index (χ1n) is 13.0. The molecular weight excluding hydrogens is 489 g/mol. The van der Waals surface area contributed by atoms with Crippen LogP contribution >= 0.6 is 0 Å². The topological polar surface area (TPSA) is 82.1 Å². The molecule has 0 aromatic heterocycles. The van der Waals surface area contributed by atoms with Gasteiger partial charge in [0.15, 0.2) is 5.78 Å². The molecule has 2 aromatic carbocycles. The van der Waals surface area contributed by atoms with E-state index in [-0.39, 0.29) is 31.2 Å². The number of carbonyl (C=O) groups excluding carboxylic acids is 3. The zero-order valence-electron chi connectivity index (χ0n) is 23.1. The summed E-state index contributed by atoms with van der Waals surface area (Å²) >= 11 is 0. The number of esters is 1. The monoisotopic (exact) mass is 527 g/mol. The second-order valence-corrected chi connectivity index (χ2v) is 11.4. The van der Waals surface area contributed by atoms with E-state index in [4.69, 9.17) is 14.2 Å². The summed E-state index contributed by atoms with van der Waals surface area (Å²) in [5.41, 5.74) is -0.144. The Morgan fingerprint density at radius 3 is 2.29 bits per heavy atom. The van der Waals surface area contributed by atoms with Crippen LogP contribution in [0.4, 0.5) is 9.18 Å². The molecular formula is C30H38FNO6. The number of hydrogen-bond acceptors (Lipinski definition) is 6. The zero-order valence-corrected chi connectivity index (χ0v) is 23.1. The molecule has 1 unspecified atom stereocenters. The summed E-state index contributed by atoms with van der Waals surface area (Å²) in [6, 6.07) is 11.2. The second kappa shape index (κ2) is 12.0. The molecule has 7 nitrogen and oxygen atoms in total. The molecule has 1 fully saturated rings. The summed E-state index contributed by atoms with van der Waals surface area (Å²) in [6.07, 6.45) is 0.401. The van der Waals surface area contributed by atoms with Crippen LogP contribution in [0.3, 0.4) is 0 Å². The number of hydrogen-bond donors (Lipinski definition) is 0. The third-order valence-electron chi connectivity index (χ3n) is 5.85. The van der Waals surface area contributed by atoms with Crippen LogP contribution in [0.25, 0.3) is 11.1 Å². The molecule has 1 heterocycles. The van der Waals surface area contributed by atoms with Crippen LogP contribution in [-0.2, 0) is 25.5 Å². The number of halogens is 1. The van der Waals surface area contributed by atoms with Crippen molar-refractivity contribution in [2.24, 2.45) is 0 Å². The van der Waals surface area contributed by atoms with Gasteiger partial charge in [-0.15, -0.1) is 0 Å². The number of benzene rings is 2. The quantitative estimate of drug-likeness (QED) is 0.404. The Kier molecular flexibility index (Phi) is 9.18. The lowest BCUT2D eigenvalue weighted by atomic mass is 9.92. The molecule has 0 aliphatic carbocycles. The smallest absolute Gasteiger partial charge is 0.410 e. The van der Waals surface area contributed by atoms with Gasteiger partial charge in [0.1, 0.15) is 22.8 Å². The Morgan fingerprint density at radius 2 is 1.61 bits per heavy atom. The zero-order chi connectivity index (χ0) is 28.1. The fourth-order valence-corrected chi connectivity index (χ4v) is 4.29. The molecule has 1 saturated heterocycles. The van der Waals surface area contributed by atoms with E-state index in [1.165, 1.54) is 4.90 Å². The van der Waals surface area contributed by atoms with Crippen molar-refractivity contribution < 1.29 is 33.0 Å². The first-order valence-corrected chi connectivity index (χ1v) is 13.0. The van der Waals surface area contributed by atoms with Gasteiger partial charge >= 0.3 is 12.1 Å². The highest BCUT2D eigenvalue weighted by Gasteiger charge is 2.36. The summed E-state index contributed by atoms with van der Waals surface area (Å²) in [5.74, 6) is -0.554. The first-order chi connectivity index (χ1) is 17.7. The lowest BCUT2D eigenvalue weighted by molar-refractivity contribution is -0.155. The van der Waals surface area contributed by atoms with Crippen molar-refractivity contribution in [1.82, 2.24) is 4.90 Å². The van der Waals surface area contributed by atoms with Gasteiger partial charge in [-0.2, -0.15) is 0 Å². The number of nitrogens with zero attached hydrogens (tertiary/aromatic N) is 1. The van der Waals surface area contributed by atoms with Crippen LogP contribution in [0.15, 0.2) is 42.5 Å². The molecule has 3 rings (SSSR count). The number of ether oxygens (including phenoxy) is 3. The first kappa shape index (κ1) is 29.1. The van der Waals surface area contributed by atoms with Gasteiger partial charge in [-0.3, -0.25) is 14.5 Å². The Balaban J connectivity index is 1.81. The molecule has 206 valence electrons. The molecule has 1 atom stereocenters. The van der Waals surface area contributed by atoms with Crippen molar-refractivity contribution in [2.45, 2.75) is 84.5 Å². The maximum absolute atomic E-state index is 15.9. The average molecular weight is 528 g/mol. The second-order valence-electron chi connectivity index (χ2n) is 11.4. The molecule has 0 bridgehead atoms. The van der Waals surface area contributed by atoms with Crippen LogP contribution in [0.5, 0.6) is 5.75 Å². The molecule has 0 radical (unpaired) electrons. The Labute approximate surface area is 224 Å². The third kappa shape index (κ3) is 8.04. The minimum Gasteiger partial charge on any atom is -0.492 e. The lowest BCUT2D eigenvalue weighted by Crippen LogP contribution is -2.51. The molecule has 2 aromatic rings. The van der Waals surface area contributed by atoms with Crippen molar-refractivity contribution in [1.29, 1.82) is 0 Å². The highest BCUT2D eigenvalue weighted by atomic mass is 19.1. The Morgan fingerprint density at radius 1 is 0.947 bits per heavy atom. The largest absolute Gasteiger partial charge is 0.492 e. The van der Waals surface area contributed by atoms with Crippen LogP contribution in [0.2, 0.25) is 0 Å². The highest BCUT2D eigenvalue weighted by molar-refractivity contribution is 5.89. The number of ketones is 1. The molecule has 1 amide bonds. The predicted octanol–water partition coefficient (Wildman–Crippen LogP) is 6.11. The molecule has 1 aliphatic heterocycles. The maximum atomic E-state index is 15.9. The van der Waals surface area contributed by atoms with Gasteiger partial charge in [-0.25, -0.2) is 9.18 Å². The predicted molar refractivity (Wildman–Crippen MR) is 142 cm³/mol. The van der Waals surface area contributed by atoms with Gasteiger partial charge in [-0.1, -0.05) is 36.4 Å². The van der Waals surface area contributed by atoms with Crippen molar-refractivity contribution in [3.8, 4) is 16.9 Å². The van der Waals surface area contributed by atoms with Crippen molar-refractivity contribution in [2.75, 3.05) is 13.2 Å². The molecule has 0 spiro atoms. The van der Waals surface area contributed by atoms with Gasteiger partial charge in [0.2, 0.25) is 0 Å². The minimum absolute atomic E-state index is 0.0411. The van der Waals surface area contributed by atoms with Gasteiger partial charge < -0.3 is 14.2 Å². The number of amides is 1. The van der Waals surface area contributed by atoms with Crippen molar-refractivity contribution in [3.05, 3.63) is 53.8 Å². The molecule has 8 heteroatoms. The molecule has 0 N–H and O–H groups in total. The van der Waals surface area contributed by atoms with Gasteiger partial charge in [0, 0.05) is 30.5 Å². The number of Topliss-reactive ketones (excluding diaryl/α,β-unsaturated/α-hetero) is 1. The lowest BCUT2D eigenvalue weighted by Gasteiger charge is -2.36. The standard InChI is InChI=1S/C30H38FNO6/c1-29(2,3)37-26(34)16-18-36-25-15-8-7-12-21(25)22-13-9-11-20(27(22)31)19-23-24(33)14-10-17-32(23)28(35)38-30(4,5)6/h7-9,11-13,15,23H,10,14,16-19H2,1-6H3. The van der Waals surface area contributed by atoms with E-state index in [1.54, 1.807) is 84.0 Å². The normalized spacial score (nSPS) is 16.2. The van der Waals surface area contributed by atoms with Crippen LogP contribution in [0.1, 0.15) is 66.4 Å². The highest BCUT2D eigenvalue weighted by Crippen LogP contribution is 2.34. The summed E-state index contributed by atoms with van der Waals surface area (Å²) < 4.78 is 32.5. The maximum Gasteiger partial charge on any atom is 0.410 e. The SMILES string of the molecule is CC(C)(C)OC(=O)CCOc1ccccc1-c1cccc(CC2C(=O)CCCN2C(=O)OC(C)(C)C)c1F. The average Bonchev–Trinajstić information content (AvgIpc) is 2.79. The number of likely N-dealkylation sites (tertiary alicyclic amines) is 1. The van der Waals surface area contributed by atoms with E-state index in [2.05, 4.69) is 0 Å². The molecule has 1 aliphatic rings. The van der Waals surface area contributed by atoms with Crippen LogP contribution < -0.4 is 4.74 Å². The van der Waals surface area contributed by atoms with E-state index in [0.29, 0.717) is 41.8 Å². The van der Waals surface area contributed by atoms with E-state index >= 15 is 4.39 Å². The van der Waals surface area contributed by atoms with E-state index in [0.717, 1.165) is 0 Å². The van der Waals surface area contributed by atoms with Crippen molar-refractivity contribution >= 4 is 17.8 Å². The van der Waals surface area contributed by atoms with Crippen molar-refractivity contribution in [3.63, 3.8) is 0 Å². The Bertz CT molecular complexity index is 1160. The fourth-order valence-electron chi connectivity index (χ4n) is 4.29. The minimum atomic E-state index is -0.802.